The van der Waals surface area contributed by atoms with E-state index < -0.39 is 6.04 Å². The topological polar surface area (TPSA) is 59.6 Å². The highest BCUT2D eigenvalue weighted by atomic mass is 19.1. The predicted octanol–water partition coefficient (Wildman–Crippen LogP) is 2.97. The van der Waals surface area contributed by atoms with Crippen molar-refractivity contribution < 1.29 is 18.7 Å². The first-order valence-electron chi connectivity index (χ1n) is 8.09. The zero-order chi connectivity index (χ0) is 18.1. The molecule has 2 N–H and O–H groups in total. The molecular formula is C19H23FN2O3. The number of amides is 1. The quantitative estimate of drug-likeness (QED) is 0.686. The molecule has 2 rings (SSSR count). The van der Waals surface area contributed by atoms with Crippen molar-refractivity contribution in [1.29, 1.82) is 0 Å². The van der Waals surface area contributed by atoms with Crippen LogP contribution in [0.5, 0.6) is 5.75 Å². The SMILES string of the molecule is COCCOc1ccc(NC(C)C(=O)NCc2ccccc2F)cc1. The Bertz CT molecular complexity index is 677. The summed E-state index contributed by atoms with van der Waals surface area (Å²) in [5.74, 6) is 0.204. The second-order valence-electron chi connectivity index (χ2n) is 5.54. The molecule has 0 saturated heterocycles. The number of anilines is 1. The van der Waals surface area contributed by atoms with E-state index in [2.05, 4.69) is 10.6 Å². The fourth-order valence-corrected chi connectivity index (χ4v) is 2.18. The van der Waals surface area contributed by atoms with Gasteiger partial charge in [0.2, 0.25) is 5.91 Å². The van der Waals surface area contributed by atoms with Gasteiger partial charge in [0.25, 0.3) is 0 Å². The minimum Gasteiger partial charge on any atom is -0.491 e. The van der Waals surface area contributed by atoms with Crippen molar-refractivity contribution in [2.75, 3.05) is 25.6 Å². The second-order valence-corrected chi connectivity index (χ2v) is 5.54. The van der Waals surface area contributed by atoms with E-state index in [1.54, 1.807) is 32.2 Å². The second kappa shape index (κ2) is 9.64. The van der Waals surface area contributed by atoms with Crippen LogP contribution < -0.4 is 15.4 Å². The molecule has 1 unspecified atom stereocenters. The third kappa shape index (κ3) is 6.08. The maximum absolute atomic E-state index is 13.6. The summed E-state index contributed by atoms with van der Waals surface area (Å²) >= 11 is 0. The maximum Gasteiger partial charge on any atom is 0.242 e. The number of carbonyl (C=O) groups is 1. The summed E-state index contributed by atoms with van der Waals surface area (Å²) in [6.07, 6.45) is 0. The Kier molecular flexibility index (Phi) is 7.22. The lowest BCUT2D eigenvalue weighted by Crippen LogP contribution is -2.37. The largest absolute Gasteiger partial charge is 0.491 e. The van der Waals surface area contributed by atoms with E-state index in [1.807, 2.05) is 24.3 Å². The van der Waals surface area contributed by atoms with Crippen LogP contribution >= 0.6 is 0 Å². The monoisotopic (exact) mass is 346 g/mol. The highest BCUT2D eigenvalue weighted by Crippen LogP contribution is 2.16. The van der Waals surface area contributed by atoms with Crippen molar-refractivity contribution >= 4 is 11.6 Å². The molecule has 134 valence electrons. The molecule has 0 spiro atoms. The van der Waals surface area contributed by atoms with Gasteiger partial charge in [0.1, 0.15) is 24.2 Å². The van der Waals surface area contributed by atoms with E-state index in [9.17, 15) is 9.18 Å². The average molecular weight is 346 g/mol. The Balaban J connectivity index is 1.81. The molecule has 0 radical (unpaired) electrons. The lowest BCUT2D eigenvalue weighted by molar-refractivity contribution is -0.121. The van der Waals surface area contributed by atoms with E-state index in [1.165, 1.54) is 6.07 Å². The Morgan fingerprint density at radius 1 is 1.12 bits per heavy atom. The molecule has 1 atom stereocenters. The molecule has 0 fully saturated rings. The van der Waals surface area contributed by atoms with Gasteiger partial charge in [-0.2, -0.15) is 0 Å². The average Bonchev–Trinajstić information content (AvgIpc) is 2.62. The molecule has 25 heavy (non-hydrogen) atoms. The third-order valence-corrected chi connectivity index (χ3v) is 3.60. The zero-order valence-corrected chi connectivity index (χ0v) is 14.4. The molecule has 5 nitrogen and oxygen atoms in total. The fourth-order valence-electron chi connectivity index (χ4n) is 2.18. The summed E-state index contributed by atoms with van der Waals surface area (Å²) < 4.78 is 24.0. The van der Waals surface area contributed by atoms with Gasteiger partial charge in [-0.1, -0.05) is 18.2 Å². The van der Waals surface area contributed by atoms with Gasteiger partial charge >= 0.3 is 0 Å². The summed E-state index contributed by atoms with van der Waals surface area (Å²) in [5.41, 5.74) is 1.26. The van der Waals surface area contributed by atoms with Crippen LogP contribution in [0.2, 0.25) is 0 Å². The summed E-state index contributed by atoms with van der Waals surface area (Å²) in [6, 6.07) is 13.2. The maximum atomic E-state index is 13.6. The number of nitrogens with one attached hydrogen (secondary N) is 2. The number of ether oxygens (including phenoxy) is 2. The van der Waals surface area contributed by atoms with Gasteiger partial charge in [0.15, 0.2) is 0 Å². The normalized spacial score (nSPS) is 11.6. The minimum atomic E-state index is -0.452. The Hall–Kier alpha value is -2.60. The number of halogens is 1. The standard InChI is InChI=1S/C19H23FN2O3/c1-14(19(23)21-13-15-5-3-4-6-18(15)20)22-16-7-9-17(10-8-16)25-12-11-24-2/h3-10,14,22H,11-13H2,1-2H3,(H,21,23). The van der Waals surface area contributed by atoms with Gasteiger partial charge in [-0.15, -0.1) is 0 Å². The van der Waals surface area contributed by atoms with Crippen molar-refractivity contribution in [3.05, 3.63) is 59.9 Å². The highest BCUT2D eigenvalue weighted by Gasteiger charge is 2.13. The van der Waals surface area contributed by atoms with Crippen LogP contribution in [0.1, 0.15) is 12.5 Å². The van der Waals surface area contributed by atoms with Crippen LogP contribution in [0.25, 0.3) is 0 Å². The number of hydrogen-bond donors (Lipinski definition) is 2. The molecule has 2 aromatic carbocycles. The van der Waals surface area contributed by atoms with E-state index in [4.69, 9.17) is 9.47 Å². The lowest BCUT2D eigenvalue weighted by Gasteiger charge is -2.16. The number of rotatable bonds is 9. The Labute approximate surface area is 147 Å². The molecule has 1 amide bonds. The zero-order valence-electron chi connectivity index (χ0n) is 14.4. The number of hydrogen-bond acceptors (Lipinski definition) is 4. The lowest BCUT2D eigenvalue weighted by atomic mass is 10.2. The van der Waals surface area contributed by atoms with E-state index in [0.717, 1.165) is 11.4 Å². The number of benzene rings is 2. The summed E-state index contributed by atoms with van der Waals surface area (Å²) in [7, 11) is 1.62. The van der Waals surface area contributed by atoms with Gasteiger partial charge in [0.05, 0.1) is 6.61 Å². The molecule has 0 aliphatic carbocycles. The molecule has 0 bridgehead atoms. The summed E-state index contributed by atoms with van der Waals surface area (Å²) in [5, 5.41) is 5.83. The van der Waals surface area contributed by atoms with Gasteiger partial charge in [-0.05, 0) is 37.3 Å². The van der Waals surface area contributed by atoms with Crippen LogP contribution in [-0.2, 0) is 16.1 Å². The molecule has 0 heterocycles. The molecule has 0 saturated carbocycles. The summed E-state index contributed by atoms with van der Waals surface area (Å²) in [6.45, 7) is 2.92. The van der Waals surface area contributed by atoms with Crippen molar-refractivity contribution in [3.8, 4) is 5.75 Å². The van der Waals surface area contributed by atoms with Crippen LogP contribution in [0.4, 0.5) is 10.1 Å². The molecule has 0 aliphatic heterocycles. The first kappa shape index (κ1) is 18.7. The van der Waals surface area contributed by atoms with Crippen LogP contribution in [0, 0.1) is 5.82 Å². The number of carbonyl (C=O) groups excluding carboxylic acids is 1. The van der Waals surface area contributed by atoms with Crippen molar-refractivity contribution in [3.63, 3.8) is 0 Å². The third-order valence-electron chi connectivity index (χ3n) is 3.60. The van der Waals surface area contributed by atoms with Crippen LogP contribution in [0.3, 0.4) is 0 Å². The van der Waals surface area contributed by atoms with Gasteiger partial charge < -0.3 is 20.1 Å². The minimum absolute atomic E-state index is 0.157. The molecule has 6 heteroatoms. The van der Waals surface area contributed by atoms with Crippen molar-refractivity contribution in [2.24, 2.45) is 0 Å². The fraction of sp³-hybridized carbons (Fsp3) is 0.316. The van der Waals surface area contributed by atoms with Gasteiger partial charge in [-0.25, -0.2) is 4.39 Å². The first-order chi connectivity index (χ1) is 12.1. The van der Waals surface area contributed by atoms with Crippen LogP contribution in [0.15, 0.2) is 48.5 Å². The van der Waals surface area contributed by atoms with Gasteiger partial charge in [-0.3, -0.25) is 4.79 Å². The summed E-state index contributed by atoms with van der Waals surface area (Å²) in [4.78, 5) is 12.1. The molecular weight excluding hydrogens is 323 g/mol. The van der Waals surface area contributed by atoms with Crippen LogP contribution in [-0.4, -0.2) is 32.3 Å². The predicted molar refractivity (Wildman–Crippen MR) is 95.1 cm³/mol. The van der Waals surface area contributed by atoms with Crippen molar-refractivity contribution in [2.45, 2.75) is 19.5 Å². The highest BCUT2D eigenvalue weighted by molar-refractivity contribution is 5.84. The smallest absolute Gasteiger partial charge is 0.242 e. The molecule has 2 aromatic rings. The van der Waals surface area contributed by atoms with Gasteiger partial charge in [0, 0.05) is 24.9 Å². The molecule has 0 aliphatic rings. The van der Waals surface area contributed by atoms with E-state index in [-0.39, 0.29) is 18.3 Å². The van der Waals surface area contributed by atoms with E-state index >= 15 is 0 Å². The Morgan fingerprint density at radius 3 is 2.52 bits per heavy atom. The Morgan fingerprint density at radius 2 is 1.84 bits per heavy atom. The number of methoxy groups -OCH3 is 1. The van der Waals surface area contributed by atoms with E-state index in [0.29, 0.717) is 18.8 Å². The molecule has 0 aromatic heterocycles. The van der Waals surface area contributed by atoms with Crippen molar-refractivity contribution in [1.82, 2.24) is 5.32 Å². The first-order valence-corrected chi connectivity index (χ1v) is 8.09.